The summed E-state index contributed by atoms with van der Waals surface area (Å²) in [5.74, 6) is -1.36. The predicted molar refractivity (Wildman–Crippen MR) is 75.2 cm³/mol. The minimum Gasteiger partial charge on any atom is -0.399 e. The van der Waals surface area contributed by atoms with Crippen LogP contribution in [-0.4, -0.2) is 32.7 Å². The van der Waals surface area contributed by atoms with Gasteiger partial charge < -0.3 is 11.1 Å². The van der Waals surface area contributed by atoms with E-state index in [9.17, 15) is 17.6 Å². The molecule has 1 amide bonds. The number of benzene rings is 1. The maximum absolute atomic E-state index is 13.5. The van der Waals surface area contributed by atoms with E-state index in [1.165, 1.54) is 12.1 Å². The minimum absolute atomic E-state index is 0.0166. The number of carbonyl (C=O) groups is 1. The van der Waals surface area contributed by atoms with Gasteiger partial charge in [0.2, 0.25) is 10.0 Å². The van der Waals surface area contributed by atoms with E-state index >= 15 is 0 Å². The normalized spacial score (nSPS) is 12.2. The summed E-state index contributed by atoms with van der Waals surface area (Å²) in [7, 11) is -3.40. The first-order valence-electron chi connectivity index (χ1n) is 5.82. The topological polar surface area (TPSA) is 101 Å². The first-order chi connectivity index (χ1) is 9.00. The van der Waals surface area contributed by atoms with Crippen LogP contribution in [0.15, 0.2) is 18.2 Å². The van der Waals surface area contributed by atoms with E-state index < -0.39 is 27.3 Å². The summed E-state index contributed by atoms with van der Waals surface area (Å²) in [5, 5.41) is 2.48. The molecule has 1 aromatic carbocycles. The van der Waals surface area contributed by atoms with Gasteiger partial charge in [-0.3, -0.25) is 4.79 Å². The Labute approximate surface area is 117 Å². The average Bonchev–Trinajstić information content (AvgIpc) is 2.22. The largest absolute Gasteiger partial charge is 0.399 e. The lowest BCUT2D eigenvalue weighted by Crippen LogP contribution is -2.51. The Kier molecular flexibility index (Phi) is 4.72. The monoisotopic (exact) mass is 303 g/mol. The fourth-order valence-corrected chi connectivity index (χ4v) is 2.73. The molecule has 20 heavy (non-hydrogen) atoms. The standard InChI is InChI=1S/C12H18FN3O3S/c1-12(2,16-20(3,18)19)7-15-11(17)9-5-4-8(14)6-10(9)13/h4-6,16H,7,14H2,1-3H3,(H,15,17). The molecule has 0 atom stereocenters. The van der Waals surface area contributed by atoms with Gasteiger partial charge >= 0.3 is 0 Å². The highest BCUT2D eigenvalue weighted by Crippen LogP contribution is 2.12. The zero-order valence-corrected chi connectivity index (χ0v) is 12.3. The van der Waals surface area contributed by atoms with E-state index in [0.29, 0.717) is 0 Å². The molecule has 0 aliphatic heterocycles. The fourth-order valence-electron chi connectivity index (χ4n) is 1.65. The molecule has 0 aliphatic carbocycles. The third-order valence-electron chi connectivity index (χ3n) is 2.39. The number of halogens is 1. The van der Waals surface area contributed by atoms with Crippen molar-refractivity contribution in [1.82, 2.24) is 10.0 Å². The lowest BCUT2D eigenvalue weighted by Gasteiger charge is -2.25. The molecule has 112 valence electrons. The van der Waals surface area contributed by atoms with Gasteiger partial charge in [-0.15, -0.1) is 0 Å². The van der Waals surface area contributed by atoms with Gasteiger partial charge in [-0.25, -0.2) is 17.5 Å². The number of amides is 1. The number of anilines is 1. The molecule has 1 rings (SSSR count). The lowest BCUT2D eigenvalue weighted by atomic mass is 10.1. The minimum atomic E-state index is -3.40. The molecule has 0 saturated carbocycles. The molecule has 4 N–H and O–H groups in total. The number of rotatable bonds is 5. The van der Waals surface area contributed by atoms with Crippen molar-refractivity contribution < 1.29 is 17.6 Å². The summed E-state index contributed by atoms with van der Waals surface area (Å²) in [6, 6.07) is 3.74. The van der Waals surface area contributed by atoms with Crippen LogP contribution in [-0.2, 0) is 10.0 Å². The van der Waals surface area contributed by atoms with Crippen molar-refractivity contribution in [2.24, 2.45) is 0 Å². The van der Waals surface area contributed by atoms with Crippen LogP contribution in [0.2, 0.25) is 0 Å². The van der Waals surface area contributed by atoms with Crippen LogP contribution in [0, 0.1) is 5.82 Å². The quantitative estimate of drug-likeness (QED) is 0.688. The molecule has 6 nitrogen and oxygen atoms in total. The summed E-state index contributed by atoms with van der Waals surface area (Å²) in [4.78, 5) is 11.8. The number of carbonyl (C=O) groups excluding carboxylic acids is 1. The Morgan fingerprint density at radius 2 is 2.00 bits per heavy atom. The van der Waals surface area contributed by atoms with E-state index in [4.69, 9.17) is 5.73 Å². The number of nitrogen functional groups attached to an aromatic ring is 1. The molecule has 1 aromatic rings. The molecule has 0 radical (unpaired) electrons. The summed E-state index contributed by atoms with van der Waals surface area (Å²) < 4.78 is 38.2. The Morgan fingerprint density at radius 1 is 1.40 bits per heavy atom. The summed E-state index contributed by atoms with van der Waals surface area (Å²) in [6.07, 6.45) is 1.02. The zero-order chi connectivity index (χ0) is 15.6. The highest BCUT2D eigenvalue weighted by molar-refractivity contribution is 7.88. The molecule has 0 aromatic heterocycles. The van der Waals surface area contributed by atoms with Crippen LogP contribution in [0.5, 0.6) is 0 Å². The van der Waals surface area contributed by atoms with Crippen molar-refractivity contribution in [2.75, 3.05) is 18.5 Å². The van der Waals surface area contributed by atoms with Gasteiger partial charge in [-0.2, -0.15) is 0 Å². The molecule has 0 heterocycles. The molecule has 0 saturated heterocycles. The highest BCUT2D eigenvalue weighted by Gasteiger charge is 2.23. The predicted octanol–water partition coefficient (Wildman–Crippen LogP) is 0.466. The van der Waals surface area contributed by atoms with E-state index in [0.717, 1.165) is 12.3 Å². The number of nitrogens with two attached hydrogens (primary N) is 1. The summed E-state index contributed by atoms with van der Waals surface area (Å²) in [6.45, 7) is 3.23. The number of hydrogen-bond acceptors (Lipinski definition) is 4. The van der Waals surface area contributed by atoms with Crippen molar-refractivity contribution in [3.05, 3.63) is 29.6 Å². The van der Waals surface area contributed by atoms with Crippen LogP contribution < -0.4 is 15.8 Å². The Balaban J connectivity index is 2.72. The van der Waals surface area contributed by atoms with Crippen molar-refractivity contribution in [3.63, 3.8) is 0 Å². The maximum Gasteiger partial charge on any atom is 0.254 e. The number of nitrogens with one attached hydrogen (secondary N) is 2. The third kappa shape index (κ3) is 5.14. The van der Waals surface area contributed by atoms with Crippen LogP contribution in [0.1, 0.15) is 24.2 Å². The Hall–Kier alpha value is -1.67. The van der Waals surface area contributed by atoms with Crippen molar-refractivity contribution >= 4 is 21.6 Å². The zero-order valence-electron chi connectivity index (χ0n) is 11.5. The second-order valence-corrected chi connectivity index (χ2v) is 6.93. The summed E-state index contributed by atoms with van der Waals surface area (Å²) >= 11 is 0. The van der Waals surface area contributed by atoms with Crippen molar-refractivity contribution in [1.29, 1.82) is 0 Å². The maximum atomic E-state index is 13.5. The Morgan fingerprint density at radius 3 is 2.50 bits per heavy atom. The van der Waals surface area contributed by atoms with Crippen molar-refractivity contribution in [2.45, 2.75) is 19.4 Å². The van der Waals surface area contributed by atoms with Gasteiger partial charge in [0.1, 0.15) is 5.82 Å². The van der Waals surface area contributed by atoms with Crippen LogP contribution in [0.3, 0.4) is 0 Å². The summed E-state index contributed by atoms with van der Waals surface area (Å²) in [5.41, 5.74) is 4.59. The second kappa shape index (κ2) is 5.76. The smallest absolute Gasteiger partial charge is 0.254 e. The third-order valence-corrected chi connectivity index (χ3v) is 3.31. The van der Waals surface area contributed by atoms with Crippen LogP contribution in [0.25, 0.3) is 0 Å². The van der Waals surface area contributed by atoms with Crippen molar-refractivity contribution in [3.8, 4) is 0 Å². The van der Waals surface area contributed by atoms with Gasteiger partial charge in [-0.05, 0) is 32.0 Å². The fraction of sp³-hybridized carbons (Fsp3) is 0.417. The lowest BCUT2D eigenvalue weighted by molar-refractivity contribution is 0.0940. The molecular formula is C12H18FN3O3S. The number of hydrogen-bond donors (Lipinski definition) is 3. The first kappa shape index (κ1) is 16.4. The highest BCUT2D eigenvalue weighted by atomic mass is 32.2. The molecule has 0 fully saturated rings. The molecule has 0 aliphatic rings. The molecule has 0 unspecified atom stereocenters. The van der Waals surface area contributed by atoms with Gasteiger partial charge in [0.15, 0.2) is 0 Å². The van der Waals surface area contributed by atoms with Gasteiger partial charge in [-0.1, -0.05) is 0 Å². The van der Waals surface area contributed by atoms with E-state index in [-0.39, 0.29) is 17.8 Å². The number of sulfonamides is 1. The molecular weight excluding hydrogens is 285 g/mol. The Bertz CT molecular complexity index is 614. The molecule has 8 heteroatoms. The van der Waals surface area contributed by atoms with Crippen LogP contribution >= 0.6 is 0 Å². The van der Waals surface area contributed by atoms with Crippen LogP contribution in [0.4, 0.5) is 10.1 Å². The van der Waals surface area contributed by atoms with Gasteiger partial charge in [0.25, 0.3) is 5.91 Å². The SMILES string of the molecule is CC(C)(CNC(=O)c1ccc(N)cc1F)NS(C)(=O)=O. The van der Waals surface area contributed by atoms with E-state index in [1.807, 2.05) is 0 Å². The van der Waals surface area contributed by atoms with Gasteiger partial charge in [0.05, 0.1) is 11.8 Å². The second-order valence-electron chi connectivity index (χ2n) is 5.18. The van der Waals surface area contributed by atoms with E-state index in [2.05, 4.69) is 10.0 Å². The molecule has 0 bridgehead atoms. The first-order valence-corrected chi connectivity index (χ1v) is 7.71. The van der Waals surface area contributed by atoms with E-state index in [1.54, 1.807) is 13.8 Å². The van der Waals surface area contributed by atoms with Gasteiger partial charge in [0, 0.05) is 17.8 Å². The molecule has 0 spiro atoms. The average molecular weight is 303 g/mol.